The van der Waals surface area contributed by atoms with Crippen molar-refractivity contribution < 1.29 is 4.74 Å². The summed E-state index contributed by atoms with van der Waals surface area (Å²) < 4.78 is 5.44. The van der Waals surface area contributed by atoms with Crippen LogP contribution in [0.3, 0.4) is 0 Å². The van der Waals surface area contributed by atoms with E-state index in [1.165, 1.54) is 5.56 Å². The lowest BCUT2D eigenvalue weighted by molar-refractivity contribution is 0.340. The highest BCUT2D eigenvalue weighted by Gasteiger charge is 2.02. The van der Waals surface area contributed by atoms with E-state index in [1.54, 1.807) is 0 Å². The van der Waals surface area contributed by atoms with E-state index in [1.807, 2.05) is 37.3 Å². The van der Waals surface area contributed by atoms with Crippen molar-refractivity contribution in [3.63, 3.8) is 0 Å². The molecule has 3 nitrogen and oxygen atoms in total. The monoisotopic (exact) mass is 284 g/mol. The Morgan fingerprint density at radius 3 is 2.38 bits per heavy atom. The van der Waals surface area contributed by atoms with E-state index < -0.39 is 0 Å². The fraction of sp³-hybridized carbons (Fsp3) is 0.333. The molecule has 1 unspecified atom stereocenters. The van der Waals surface area contributed by atoms with E-state index in [2.05, 4.69) is 41.8 Å². The molecule has 112 valence electrons. The number of anilines is 1. The lowest BCUT2D eigenvalue weighted by Gasteiger charge is -2.15. The third-order valence-electron chi connectivity index (χ3n) is 3.28. The molecule has 0 aromatic heterocycles. The van der Waals surface area contributed by atoms with Crippen LogP contribution in [0.1, 0.15) is 19.4 Å². The van der Waals surface area contributed by atoms with Gasteiger partial charge in [-0.3, -0.25) is 0 Å². The molecule has 0 amide bonds. The quantitative estimate of drug-likeness (QED) is 0.776. The van der Waals surface area contributed by atoms with Crippen molar-refractivity contribution in [3.05, 3.63) is 60.2 Å². The van der Waals surface area contributed by atoms with E-state index in [-0.39, 0.29) is 0 Å². The van der Waals surface area contributed by atoms with Crippen molar-refractivity contribution in [2.45, 2.75) is 26.4 Å². The highest BCUT2D eigenvalue weighted by molar-refractivity contribution is 5.42. The Hall–Kier alpha value is -2.00. The maximum absolute atomic E-state index is 5.44. The largest absolute Gasteiger partial charge is 0.494 e. The topological polar surface area (TPSA) is 33.3 Å². The van der Waals surface area contributed by atoms with Gasteiger partial charge in [0.2, 0.25) is 0 Å². The molecular formula is C18H24N2O. The van der Waals surface area contributed by atoms with Gasteiger partial charge in [0.25, 0.3) is 0 Å². The normalized spacial score (nSPS) is 11.9. The molecule has 21 heavy (non-hydrogen) atoms. The zero-order valence-corrected chi connectivity index (χ0v) is 12.8. The van der Waals surface area contributed by atoms with Crippen LogP contribution in [0.25, 0.3) is 0 Å². The summed E-state index contributed by atoms with van der Waals surface area (Å²) in [5.41, 5.74) is 2.43. The first-order valence-electron chi connectivity index (χ1n) is 7.52. The maximum atomic E-state index is 5.44. The van der Waals surface area contributed by atoms with Gasteiger partial charge in [0.05, 0.1) is 6.61 Å². The van der Waals surface area contributed by atoms with Crippen LogP contribution in [0.5, 0.6) is 5.75 Å². The van der Waals surface area contributed by atoms with Crippen molar-refractivity contribution in [2.75, 3.05) is 18.5 Å². The van der Waals surface area contributed by atoms with E-state index in [4.69, 9.17) is 4.74 Å². The van der Waals surface area contributed by atoms with Gasteiger partial charge in [0.15, 0.2) is 0 Å². The van der Waals surface area contributed by atoms with E-state index >= 15 is 0 Å². The summed E-state index contributed by atoms with van der Waals surface area (Å²) in [6.45, 7) is 6.66. The molecule has 1 atom stereocenters. The van der Waals surface area contributed by atoms with E-state index in [9.17, 15) is 0 Å². The van der Waals surface area contributed by atoms with Crippen LogP contribution in [0.2, 0.25) is 0 Å². The minimum Gasteiger partial charge on any atom is -0.494 e. The summed E-state index contributed by atoms with van der Waals surface area (Å²) in [6.07, 6.45) is 0. The SMILES string of the molecule is CCOc1ccc(CNC(C)CNc2ccccc2)cc1. The number of hydrogen-bond donors (Lipinski definition) is 2. The Balaban J connectivity index is 1.72. The molecule has 2 rings (SSSR count). The lowest BCUT2D eigenvalue weighted by Crippen LogP contribution is -2.32. The number of rotatable bonds is 8. The van der Waals surface area contributed by atoms with Gasteiger partial charge in [-0.25, -0.2) is 0 Å². The number of ether oxygens (including phenoxy) is 1. The fourth-order valence-corrected chi connectivity index (χ4v) is 2.06. The standard InChI is InChI=1S/C18H24N2O/c1-3-21-18-11-9-16(10-12-18)14-19-15(2)13-20-17-7-5-4-6-8-17/h4-12,15,19-20H,3,13-14H2,1-2H3. The minimum atomic E-state index is 0.400. The third-order valence-corrected chi connectivity index (χ3v) is 3.28. The molecule has 0 saturated heterocycles. The third kappa shape index (κ3) is 5.48. The highest BCUT2D eigenvalue weighted by atomic mass is 16.5. The zero-order chi connectivity index (χ0) is 14.9. The molecule has 0 saturated carbocycles. The molecule has 0 fully saturated rings. The molecular weight excluding hydrogens is 260 g/mol. The second kappa shape index (κ2) is 8.32. The van der Waals surface area contributed by atoms with Crippen LogP contribution in [0.15, 0.2) is 54.6 Å². The first-order chi connectivity index (χ1) is 10.3. The Labute approximate surface area is 127 Å². The molecule has 3 heteroatoms. The highest BCUT2D eigenvalue weighted by Crippen LogP contribution is 2.12. The van der Waals surface area contributed by atoms with Crippen molar-refractivity contribution >= 4 is 5.69 Å². The van der Waals surface area contributed by atoms with Crippen LogP contribution in [0.4, 0.5) is 5.69 Å². The van der Waals surface area contributed by atoms with Crippen LogP contribution in [-0.4, -0.2) is 19.2 Å². The molecule has 2 N–H and O–H groups in total. The molecule has 0 heterocycles. The van der Waals surface area contributed by atoms with Gasteiger partial charge in [-0.1, -0.05) is 30.3 Å². The first kappa shape index (κ1) is 15.4. The van der Waals surface area contributed by atoms with Crippen LogP contribution in [-0.2, 0) is 6.54 Å². The van der Waals surface area contributed by atoms with E-state index in [0.29, 0.717) is 12.6 Å². The Bertz CT molecular complexity index is 511. The maximum Gasteiger partial charge on any atom is 0.119 e. The Kier molecular flexibility index (Phi) is 6.10. The molecule has 0 aliphatic heterocycles. The molecule has 0 aliphatic carbocycles. The van der Waals surface area contributed by atoms with Gasteiger partial charge in [0.1, 0.15) is 5.75 Å². The first-order valence-corrected chi connectivity index (χ1v) is 7.52. The molecule has 0 bridgehead atoms. The van der Waals surface area contributed by atoms with Gasteiger partial charge in [-0.05, 0) is 43.7 Å². The second-order valence-corrected chi connectivity index (χ2v) is 5.11. The summed E-state index contributed by atoms with van der Waals surface area (Å²) in [4.78, 5) is 0. The molecule has 2 aromatic rings. The van der Waals surface area contributed by atoms with Crippen molar-refractivity contribution in [3.8, 4) is 5.75 Å². The molecule has 0 aliphatic rings. The Morgan fingerprint density at radius 1 is 1.00 bits per heavy atom. The predicted molar refractivity (Wildman–Crippen MR) is 88.8 cm³/mol. The van der Waals surface area contributed by atoms with Crippen LogP contribution < -0.4 is 15.4 Å². The van der Waals surface area contributed by atoms with Crippen LogP contribution >= 0.6 is 0 Å². The second-order valence-electron chi connectivity index (χ2n) is 5.11. The van der Waals surface area contributed by atoms with Crippen LogP contribution in [0, 0.1) is 0 Å². The zero-order valence-electron chi connectivity index (χ0n) is 12.8. The number of nitrogens with one attached hydrogen (secondary N) is 2. The van der Waals surface area contributed by atoms with Gasteiger partial charge in [0, 0.05) is 24.8 Å². The smallest absolute Gasteiger partial charge is 0.119 e. The lowest BCUT2D eigenvalue weighted by atomic mass is 10.2. The van der Waals surface area contributed by atoms with Gasteiger partial charge >= 0.3 is 0 Å². The minimum absolute atomic E-state index is 0.400. The summed E-state index contributed by atoms with van der Waals surface area (Å²) in [5, 5.41) is 6.94. The molecule has 0 spiro atoms. The molecule has 2 aromatic carbocycles. The number of hydrogen-bond acceptors (Lipinski definition) is 3. The summed E-state index contributed by atoms with van der Waals surface area (Å²) in [5.74, 6) is 0.931. The summed E-state index contributed by atoms with van der Waals surface area (Å²) >= 11 is 0. The van der Waals surface area contributed by atoms with Crippen molar-refractivity contribution in [1.29, 1.82) is 0 Å². The molecule has 0 radical (unpaired) electrons. The van der Waals surface area contributed by atoms with Crippen molar-refractivity contribution in [2.24, 2.45) is 0 Å². The average molecular weight is 284 g/mol. The summed E-state index contributed by atoms with van der Waals surface area (Å²) in [6, 6.07) is 18.9. The number of benzene rings is 2. The van der Waals surface area contributed by atoms with Gasteiger partial charge < -0.3 is 15.4 Å². The van der Waals surface area contributed by atoms with Gasteiger partial charge in [-0.15, -0.1) is 0 Å². The average Bonchev–Trinajstić information content (AvgIpc) is 2.53. The van der Waals surface area contributed by atoms with Crippen molar-refractivity contribution in [1.82, 2.24) is 5.32 Å². The van der Waals surface area contributed by atoms with E-state index in [0.717, 1.165) is 24.5 Å². The predicted octanol–water partition coefficient (Wildman–Crippen LogP) is 3.68. The Morgan fingerprint density at radius 2 is 1.71 bits per heavy atom. The van der Waals surface area contributed by atoms with Gasteiger partial charge in [-0.2, -0.15) is 0 Å². The fourth-order valence-electron chi connectivity index (χ4n) is 2.06. The summed E-state index contributed by atoms with van der Waals surface area (Å²) in [7, 11) is 0. The number of para-hydroxylation sites is 1.